The zero-order valence-corrected chi connectivity index (χ0v) is 16.0. The maximum atomic E-state index is 12.6. The molecule has 1 unspecified atom stereocenters. The normalized spacial score (nSPS) is 18.6. The van der Waals surface area contributed by atoms with Crippen molar-refractivity contribution in [1.29, 1.82) is 0 Å². The number of benzene rings is 1. The zero-order chi connectivity index (χ0) is 18.7. The van der Waals surface area contributed by atoms with Crippen molar-refractivity contribution in [2.24, 2.45) is 5.92 Å². The molecular formula is C19H25N3O3S. The summed E-state index contributed by atoms with van der Waals surface area (Å²) >= 11 is 1.59. The number of carbonyl (C=O) groups is 2. The fourth-order valence-corrected chi connectivity index (χ4v) is 4.17. The molecular weight excluding hydrogens is 350 g/mol. The van der Waals surface area contributed by atoms with Crippen LogP contribution in [0.4, 0.5) is 0 Å². The predicted octanol–water partition coefficient (Wildman–Crippen LogP) is 1.92. The van der Waals surface area contributed by atoms with Crippen LogP contribution in [-0.2, 0) is 16.0 Å². The first-order valence-electron chi connectivity index (χ1n) is 9.00. The van der Waals surface area contributed by atoms with Gasteiger partial charge in [0.2, 0.25) is 11.8 Å². The molecule has 26 heavy (non-hydrogen) atoms. The van der Waals surface area contributed by atoms with Gasteiger partial charge >= 0.3 is 0 Å². The number of thiazole rings is 1. The minimum absolute atomic E-state index is 0.0441. The van der Waals surface area contributed by atoms with Crippen molar-refractivity contribution in [2.45, 2.75) is 32.8 Å². The molecule has 1 N–H and O–H groups in total. The Labute approximate surface area is 157 Å². The number of carbonyl (C=O) groups excluding carboxylic acids is 2. The SMILES string of the molecule is CC(C)CN1CC(O)CN(C(=O)CCc2nc3ccccc3s2)CC1=O. The van der Waals surface area contributed by atoms with Gasteiger partial charge in [-0.15, -0.1) is 11.3 Å². The van der Waals surface area contributed by atoms with Crippen molar-refractivity contribution in [3.8, 4) is 0 Å². The highest BCUT2D eigenvalue weighted by molar-refractivity contribution is 7.18. The van der Waals surface area contributed by atoms with Crippen molar-refractivity contribution >= 4 is 33.4 Å². The van der Waals surface area contributed by atoms with E-state index in [2.05, 4.69) is 4.98 Å². The van der Waals surface area contributed by atoms with E-state index < -0.39 is 6.10 Å². The van der Waals surface area contributed by atoms with E-state index in [0.717, 1.165) is 15.2 Å². The molecule has 2 aromatic rings. The van der Waals surface area contributed by atoms with Gasteiger partial charge in [-0.3, -0.25) is 9.59 Å². The molecule has 6 nitrogen and oxygen atoms in total. The zero-order valence-electron chi connectivity index (χ0n) is 15.2. The smallest absolute Gasteiger partial charge is 0.242 e. The number of hydrogen-bond donors (Lipinski definition) is 1. The van der Waals surface area contributed by atoms with Crippen molar-refractivity contribution in [2.75, 3.05) is 26.2 Å². The number of fused-ring (bicyclic) bond motifs is 1. The molecule has 0 radical (unpaired) electrons. The van der Waals surface area contributed by atoms with Gasteiger partial charge in [-0.2, -0.15) is 0 Å². The first kappa shape index (κ1) is 18.8. The van der Waals surface area contributed by atoms with E-state index in [0.29, 0.717) is 31.8 Å². The lowest BCUT2D eigenvalue weighted by Crippen LogP contribution is -2.40. The highest BCUT2D eigenvalue weighted by Crippen LogP contribution is 2.22. The Hall–Kier alpha value is -1.99. The maximum absolute atomic E-state index is 12.6. The average molecular weight is 375 g/mol. The van der Waals surface area contributed by atoms with Gasteiger partial charge in [0, 0.05) is 32.5 Å². The topological polar surface area (TPSA) is 73.7 Å². The molecule has 0 saturated carbocycles. The summed E-state index contributed by atoms with van der Waals surface area (Å²) in [6.07, 6.45) is 0.144. The summed E-state index contributed by atoms with van der Waals surface area (Å²) in [6.45, 7) is 5.21. The van der Waals surface area contributed by atoms with Gasteiger partial charge in [0.1, 0.15) is 0 Å². The Balaban J connectivity index is 1.60. The molecule has 0 spiro atoms. The van der Waals surface area contributed by atoms with Crippen LogP contribution in [0, 0.1) is 5.92 Å². The lowest BCUT2D eigenvalue weighted by atomic mass is 10.2. The first-order valence-corrected chi connectivity index (χ1v) is 9.82. The number of para-hydroxylation sites is 1. The summed E-state index contributed by atoms with van der Waals surface area (Å²) < 4.78 is 1.11. The van der Waals surface area contributed by atoms with Gasteiger partial charge in [0.05, 0.1) is 27.9 Å². The molecule has 1 saturated heterocycles. The van der Waals surface area contributed by atoms with Crippen molar-refractivity contribution in [3.63, 3.8) is 0 Å². The Bertz CT molecular complexity index is 756. The molecule has 0 bridgehead atoms. The first-order chi connectivity index (χ1) is 12.4. The molecule has 1 fully saturated rings. The second kappa shape index (κ2) is 8.14. The number of aryl methyl sites for hydroxylation is 1. The van der Waals surface area contributed by atoms with Gasteiger partial charge in [0.15, 0.2) is 0 Å². The summed E-state index contributed by atoms with van der Waals surface area (Å²) in [6, 6.07) is 7.91. The van der Waals surface area contributed by atoms with E-state index in [4.69, 9.17) is 0 Å². The summed E-state index contributed by atoms with van der Waals surface area (Å²) in [5, 5.41) is 11.1. The summed E-state index contributed by atoms with van der Waals surface area (Å²) in [5.41, 5.74) is 0.949. The average Bonchev–Trinajstić information content (AvgIpc) is 2.94. The van der Waals surface area contributed by atoms with Crippen LogP contribution in [0.15, 0.2) is 24.3 Å². The van der Waals surface area contributed by atoms with E-state index in [-0.39, 0.29) is 24.9 Å². The van der Waals surface area contributed by atoms with E-state index >= 15 is 0 Å². The van der Waals surface area contributed by atoms with Gasteiger partial charge < -0.3 is 14.9 Å². The fourth-order valence-electron chi connectivity index (χ4n) is 3.20. The molecule has 1 aromatic carbocycles. The molecule has 140 valence electrons. The van der Waals surface area contributed by atoms with Gasteiger partial charge in [-0.05, 0) is 18.1 Å². The minimum Gasteiger partial charge on any atom is -0.389 e. The second-order valence-electron chi connectivity index (χ2n) is 7.20. The molecule has 7 heteroatoms. The molecule has 0 aliphatic carbocycles. The maximum Gasteiger partial charge on any atom is 0.242 e. The highest BCUT2D eigenvalue weighted by Gasteiger charge is 2.29. The lowest BCUT2D eigenvalue weighted by Gasteiger charge is -2.23. The molecule has 1 aliphatic rings. The number of hydrogen-bond acceptors (Lipinski definition) is 5. The molecule has 3 rings (SSSR count). The Morgan fingerprint density at radius 3 is 2.85 bits per heavy atom. The van der Waals surface area contributed by atoms with Crippen LogP contribution in [0.5, 0.6) is 0 Å². The monoisotopic (exact) mass is 375 g/mol. The van der Waals surface area contributed by atoms with Crippen molar-refractivity contribution in [1.82, 2.24) is 14.8 Å². The number of aliphatic hydroxyl groups is 1. The van der Waals surface area contributed by atoms with E-state index in [1.165, 1.54) is 4.90 Å². The van der Waals surface area contributed by atoms with Crippen LogP contribution >= 0.6 is 11.3 Å². The van der Waals surface area contributed by atoms with Gasteiger partial charge in [-0.1, -0.05) is 26.0 Å². The Kier molecular flexibility index (Phi) is 5.88. The number of amides is 2. The molecule has 1 atom stereocenters. The molecule has 2 amide bonds. The van der Waals surface area contributed by atoms with Crippen LogP contribution in [0.3, 0.4) is 0 Å². The van der Waals surface area contributed by atoms with E-state index in [1.807, 2.05) is 38.1 Å². The number of aromatic nitrogens is 1. The number of rotatable bonds is 5. The minimum atomic E-state index is -0.702. The Morgan fingerprint density at radius 2 is 2.12 bits per heavy atom. The summed E-state index contributed by atoms with van der Waals surface area (Å²) in [7, 11) is 0. The van der Waals surface area contributed by atoms with E-state index in [1.54, 1.807) is 16.2 Å². The highest BCUT2D eigenvalue weighted by atomic mass is 32.1. The largest absolute Gasteiger partial charge is 0.389 e. The fraction of sp³-hybridized carbons (Fsp3) is 0.526. The van der Waals surface area contributed by atoms with Crippen molar-refractivity contribution < 1.29 is 14.7 Å². The van der Waals surface area contributed by atoms with Gasteiger partial charge in [0.25, 0.3) is 0 Å². The van der Waals surface area contributed by atoms with E-state index in [9.17, 15) is 14.7 Å². The van der Waals surface area contributed by atoms with Crippen LogP contribution in [0.2, 0.25) is 0 Å². The molecule has 2 heterocycles. The molecule has 1 aliphatic heterocycles. The van der Waals surface area contributed by atoms with Crippen LogP contribution in [0.25, 0.3) is 10.2 Å². The predicted molar refractivity (Wildman–Crippen MR) is 102 cm³/mol. The van der Waals surface area contributed by atoms with Crippen LogP contribution in [-0.4, -0.2) is 64.0 Å². The molecule has 1 aromatic heterocycles. The summed E-state index contributed by atoms with van der Waals surface area (Å²) in [5.74, 6) is 0.124. The standard InChI is InChI=1S/C19H25N3O3S/c1-13(2)9-21-10-14(23)11-22(12-19(21)25)18(24)8-7-17-20-15-5-3-4-6-16(15)26-17/h3-6,13-14,23H,7-12H2,1-2H3. The van der Waals surface area contributed by atoms with Crippen LogP contribution < -0.4 is 0 Å². The van der Waals surface area contributed by atoms with Crippen molar-refractivity contribution in [3.05, 3.63) is 29.3 Å². The van der Waals surface area contributed by atoms with Crippen LogP contribution in [0.1, 0.15) is 25.3 Å². The quantitative estimate of drug-likeness (QED) is 0.866. The third-order valence-electron chi connectivity index (χ3n) is 4.37. The second-order valence-corrected chi connectivity index (χ2v) is 8.31. The third kappa shape index (κ3) is 4.59. The number of β-amino-alcohol motifs (C(OH)–C–C–N with tert-alkyl or cyclic N) is 1. The Morgan fingerprint density at radius 1 is 1.35 bits per heavy atom. The number of nitrogens with zero attached hydrogens (tertiary/aromatic N) is 3. The lowest BCUT2D eigenvalue weighted by molar-refractivity contribution is -0.138. The third-order valence-corrected chi connectivity index (χ3v) is 5.47. The van der Waals surface area contributed by atoms with Gasteiger partial charge in [-0.25, -0.2) is 4.98 Å². The number of aliphatic hydroxyl groups excluding tert-OH is 1. The summed E-state index contributed by atoms with van der Waals surface area (Å²) in [4.78, 5) is 32.7.